The van der Waals surface area contributed by atoms with Crippen molar-refractivity contribution in [2.24, 2.45) is 17.8 Å². The summed E-state index contributed by atoms with van der Waals surface area (Å²) in [6.07, 6.45) is 3.33. The van der Waals surface area contributed by atoms with Gasteiger partial charge in [-0.25, -0.2) is 0 Å². The molecular weight excluding hydrogens is 432 g/mol. The second-order valence-electron chi connectivity index (χ2n) is 9.32. The van der Waals surface area contributed by atoms with Crippen molar-refractivity contribution in [3.8, 4) is 5.75 Å². The zero-order valence-electron chi connectivity index (χ0n) is 19.2. The molecule has 3 amide bonds. The number of hydrogen-bond acceptors (Lipinski definition) is 5. The first-order valence-corrected chi connectivity index (χ1v) is 11.5. The van der Waals surface area contributed by atoms with Gasteiger partial charge in [0.05, 0.1) is 23.4 Å². The summed E-state index contributed by atoms with van der Waals surface area (Å²) in [5.41, 5.74) is 3.39. The lowest BCUT2D eigenvalue weighted by molar-refractivity contribution is -0.139. The van der Waals surface area contributed by atoms with E-state index in [1.54, 1.807) is 29.2 Å². The highest BCUT2D eigenvalue weighted by molar-refractivity contribution is 6.22. The normalized spacial score (nSPS) is 24.4. The first kappa shape index (κ1) is 22.1. The standard InChI is InChI=1S/C27H26N2O5/c1-16-7-12-21-22(13-16)26(32)29(25(21)31)19-8-10-20(11-9-19)34-27(33)18-14-24(30)28(15-18)23-6-4-3-5-17(23)2/h3-11,18,21-22H,12-15H2,1-2H3/t18-,21+,22-/m1/s1. The van der Waals surface area contributed by atoms with Gasteiger partial charge in [0, 0.05) is 18.7 Å². The molecule has 0 N–H and O–H groups in total. The molecule has 0 saturated carbocycles. The molecule has 174 valence electrons. The number of nitrogens with zero attached hydrogens (tertiary/aromatic N) is 2. The maximum atomic E-state index is 12.9. The van der Waals surface area contributed by atoms with Crippen molar-refractivity contribution in [1.82, 2.24) is 0 Å². The van der Waals surface area contributed by atoms with Gasteiger partial charge >= 0.3 is 5.97 Å². The smallest absolute Gasteiger partial charge is 0.316 e. The number of aryl methyl sites for hydroxylation is 1. The van der Waals surface area contributed by atoms with E-state index in [1.165, 1.54) is 4.90 Å². The van der Waals surface area contributed by atoms with Crippen LogP contribution in [0.3, 0.4) is 0 Å². The molecule has 1 aliphatic carbocycles. The molecule has 0 spiro atoms. The van der Waals surface area contributed by atoms with Gasteiger partial charge in [-0.3, -0.25) is 24.1 Å². The van der Waals surface area contributed by atoms with Gasteiger partial charge in [0.1, 0.15) is 5.75 Å². The van der Waals surface area contributed by atoms with Crippen LogP contribution in [0.5, 0.6) is 5.75 Å². The maximum absolute atomic E-state index is 12.9. The number of imide groups is 1. The van der Waals surface area contributed by atoms with Crippen LogP contribution in [0, 0.1) is 24.7 Å². The lowest BCUT2D eigenvalue weighted by Gasteiger charge is -2.19. The summed E-state index contributed by atoms with van der Waals surface area (Å²) in [4.78, 5) is 53.9. The fourth-order valence-corrected chi connectivity index (χ4v) is 5.12. The molecule has 2 aliphatic heterocycles. The fourth-order valence-electron chi connectivity index (χ4n) is 5.12. The molecule has 3 atom stereocenters. The molecule has 7 nitrogen and oxygen atoms in total. The van der Waals surface area contributed by atoms with E-state index in [2.05, 4.69) is 0 Å². The van der Waals surface area contributed by atoms with Gasteiger partial charge in [0.25, 0.3) is 0 Å². The van der Waals surface area contributed by atoms with Gasteiger partial charge in [0.2, 0.25) is 17.7 Å². The molecule has 7 heteroatoms. The number of anilines is 2. The number of allylic oxidation sites excluding steroid dienone is 2. The molecule has 0 bridgehead atoms. The largest absolute Gasteiger partial charge is 0.426 e. The Kier molecular flexibility index (Phi) is 5.55. The van der Waals surface area contributed by atoms with Crippen LogP contribution < -0.4 is 14.5 Å². The third kappa shape index (κ3) is 3.81. The number of ether oxygens (including phenoxy) is 1. The molecule has 2 saturated heterocycles. The summed E-state index contributed by atoms with van der Waals surface area (Å²) >= 11 is 0. The highest BCUT2D eigenvalue weighted by atomic mass is 16.5. The number of hydrogen-bond donors (Lipinski definition) is 0. The molecule has 3 aliphatic rings. The first-order valence-electron chi connectivity index (χ1n) is 11.5. The van der Waals surface area contributed by atoms with Crippen LogP contribution in [0.25, 0.3) is 0 Å². The van der Waals surface area contributed by atoms with E-state index in [0.29, 0.717) is 24.3 Å². The molecule has 0 unspecified atom stereocenters. The minimum absolute atomic E-state index is 0.0955. The molecule has 2 fully saturated rings. The molecule has 2 aromatic carbocycles. The predicted molar refractivity (Wildman–Crippen MR) is 126 cm³/mol. The van der Waals surface area contributed by atoms with E-state index in [0.717, 1.165) is 16.8 Å². The van der Waals surface area contributed by atoms with Gasteiger partial charge in [-0.15, -0.1) is 0 Å². The number of amides is 3. The van der Waals surface area contributed by atoms with Crippen LogP contribution in [-0.2, 0) is 19.2 Å². The maximum Gasteiger partial charge on any atom is 0.316 e. The van der Waals surface area contributed by atoms with Crippen LogP contribution in [0.2, 0.25) is 0 Å². The third-order valence-electron chi connectivity index (χ3n) is 7.00. The number of benzene rings is 2. The van der Waals surface area contributed by atoms with Crippen LogP contribution in [-0.4, -0.2) is 30.2 Å². The van der Waals surface area contributed by atoms with Crippen LogP contribution >= 0.6 is 0 Å². The third-order valence-corrected chi connectivity index (χ3v) is 7.00. The average Bonchev–Trinajstić information content (AvgIpc) is 3.32. The Balaban J connectivity index is 1.25. The second kappa shape index (κ2) is 8.56. The molecule has 0 aromatic heterocycles. The summed E-state index contributed by atoms with van der Waals surface area (Å²) in [7, 11) is 0. The fraction of sp³-hybridized carbons (Fsp3) is 0.333. The summed E-state index contributed by atoms with van der Waals surface area (Å²) in [5.74, 6) is -1.79. The van der Waals surface area contributed by atoms with Crippen molar-refractivity contribution in [3.05, 3.63) is 65.7 Å². The SMILES string of the molecule is CC1=CC[C@@H]2C(=O)N(c3ccc(OC(=O)[C@@H]4CC(=O)N(c5ccccc5C)C4)cc3)C(=O)[C@@H]2C1. The number of esters is 1. The van der Waals surface area contributed by atoms with E-state index >= 15 is 0 Å². The van der Waals surface area contributed by atoms with Gasteiger partial charge < -0.3 is 9.64 Å². The van der Waals surface area contributed by atoms with Crippen LogP contribution in [0.15, 0.2) is 60.2 Å². The Morgan fingerprint density at radius 3 is 2.35 bits per heavy atom. The van der Waals surface area contributed by atoms with Crippen LogP contribution in [0.4, 0.5) is 11.4 Å². The zero-order valence-corrected chi connectivity index (χ0v) is 19.2. The number of rotatable bonds is 4. The number of fused-ring (bicyclic) bond motifs is 1. The van der Waals surface area contributed by atoms with Crippen molar-refractivity contribution >= 4 is 35.1 Å². The summed E-state index contributed by atoms with van der Waals surface area (Å²) in [6.45, 7) is 4.18. The Morgan fingerprint density at radius 1 is 0.912 bits per heavy atom. The van der Waals surface area contributed by atoms with Crippen molar-refractivity contribution in [2.75, 3.05) is 16.3 Å². The topological polar surface area (TPSA) is 84.0 Å². The Morgan fingerprint density at radius 2 is 1.62 bits per heavy atom. The highest BCUT2D eigenvalue weighted by Crippen LogP contribution is 2.40. The second-order valence-corrected chi connectivity index (χ2v) is 9.32. The molecule has 2 heterocycles. The molecule has 5 rings (SSSR count). The van der Waals surface area contributed by atoms with E-state index < -0.39 is 11.9 Å². The van der Waals surface area contributed by atoms with Gasteiger partial charge in [0.15, 0.2) is 0 Å². The lowest BCUT2D eigenvalue weighted by atomic mass is 9.82. The highest BCUT2D eigenvalue weighted by Gasteiger charge is 2.48. The monoisotopic (exact) mass is 458 g/mol. The number of carbonyl (C=O) groups excluding carboxylic acids is 4. The van der Waals surface area contributed by atoms with Crippen molar-refractivity contribution in [1.29, 1.82) is 0 Å². The minimum atomic E-state index is -0.563. The lowest BCUT2D eigenvalue weighted by Crippen LogP contribution is -2.30. The molecule has 34 heavy (non-hydrogen) atoms. The van der Waals surface area contributed by atoms with Gasteiger partial charge in [-0.1, -0.05) is 29.8 Å². The number of para-hydroxylation sites is 1. The van der Waals surface area contributed by atoms with E-state index in [9.17, 15) is 19.2 Å². The quantitative estimate of drug-likeness (QED) is 0.301. The summed E-state index contributed by atoms with van der Waals surface area (Å²) < 4.78 is 5.53. The minimum Gasteiger partial charge on any atom is -0.426 e. The molecule has 2 aromatic rings. The van der Waals surface area contributed by atoms with Crippen molar-refractivity contribution < 1.29 is 23.9 Å². The molecular formula is C27H26N2O5. The number of carbonyl (C=O) groups is 4. The Bertz CT molecular complexity index is 1220. The molecule has 0 radical (unpaired) electrons. The Labute approximate surface area is 198 Å². The van der Waals surface area contributed by atoms with Crippen molar-refractivity contribution in [2.45, 2.75) is 33.1 Å². The average molecular weight is 459 g/mol. The zero-order chi connectivity index (χ0) is 24.0. The van der Waals surface area contributed by atoms with Gasteiger partial charge in [-0.2, -0.15) is 0 Å². The van der Waals surface area contributed by atoms with E-state index in [1.807, 2.05) is 44.2 Å². The van der Waals surface area contributed by atoms with E-state index in [4.69, 9.17) is 4.74 Å². The summed E-state index contributed by atoms with van der Waals surface area (Å²) in [6, 6.07) is 14.0. The van der Waals surface area contributed by atoms with Crippen molar-refractivity contribution in [3.63, 3.8) is 0 Å². The van der Waals surface area contributed by atoms with Gasteiger partial charge in [-0.05, 0) is 62.6 Å². The van der Waals surface area contributed by atoms with Crippen LogP contribution in [0.1, 0.15) is 31.7 Å². The van der Waals surface area contributed by atoms with E-state index in [-0.39, 0.29) is 42.5 Å². The first-order chi connectivity index (χ1) is 16.3. The Hall–Kier alpha value is -3.74. The summed E-state index contributed by atoms with van der Waals surface area (Å²) in [5, 5.41) is 0. The predicted octanol–water partition coefficient (Wildman–Crippen LogP) is 3.80.